The van der Waals surface area contributed by atoms with Crippen LogP contribution in [0.2, 0.25) is 0 Å². The van der Waals surface area contributed by atoms with Gasteiger partial charge in [0.25, 0.3) is 12.3 Å². The molecular formula is C21H20F5N5O2S. The zero-order chi connectivity index (χ0) is 24.8. The lowest BCUT2D eigenvalue weighted by Crippen LogP contribution is -2.23. The van der Waals surface area contributed by atoms with E-state index in [0.717, 1.165) is 28.5 Å². The smallest absolute Gasteiger partial charge is 0.365 e. The first kappa shape index (κ1) is 24.0. The molecule has 0 unspecified atom stereocenters. The van der Waals surface area contributed by atoms with E-state index in [0.29, 0.717) is 30.5 Å². The predicted octanol–water partition coefficient (Wildman–Crippen LogP) is 4.76. The number of nitrogens with zero attached hydrogens (tertiary/aromatic N) is 3. The number of halogens is 5. The quantitative estimate of drug-likeness (QED) is 0.389. The van der Waals surface area contributed by atoms with Crippen molar-refractivity contribution in [2.45, 2.75) is 58.2 Å². The summed E-state index contributed by atoms with van der Waals surface area (Å²) in [4.78, 5) is 28.7. The summed E-state index contributed by atoms with van der Waals surface area (Å²) in [6.45, 7) is 1.00. The summed E-state index contributed by atoms with van der Waals surface area (Å²) in [7, 11) is 0. The van der Waals surface area contributed by atoms with E-state index in [4.69, 9.17) is 5.73 Å². The van der Waals surface area contributed by atoms with Gasteiger partial charge in [-0.15, -0.1) is 11.3 Å². The number of hydrogen-bond donors (Lipinski definition) is 2. The van der Waals surface area contributed by atoms with Gasteiger partial charge in [-0.25, -0.2) is 13.8 Å². The lowest BCUT2D eigenvalue weighted by atomic mass is 10.1. The lowest BCUT2D eigenvalue weighted by molar-refractivity contribution is -0.142. The van der Waals surface area contributed by atoms with Crippen LogP contribution in [0, 0.1) is 6.92 Å². The predicted molar refractivity (Wildman–Crippen MR) is 115 cm³/mol. The number of nitrogens with one attached hydrogen (secondary N) is 1. The zero-order valence-electron chi connectivity index (χ0n) is 17.9. The Kier molecular flexibility index (Phi) is 6.32. The molecule has 182 valence electrons. The number of carbonyl (C=O) groups is 2. The highest BCUT2D eigenvalue weighted by Crippen LogP contribution is 2.39. The van der Waals surface area contributed by atoms with Crippen molar-refractivity contribution >= 4 is 39.1 Å². The van der Waals surface area contributed by atoms with Crippen LogP contribution in [0.4, 0.5) is 27.6 Å². The van der Waals surface area contributed by atoms with Gasteiger partial charge in [-0.3, -0.25) is 14.3 Å². The Morgan fingerprint density at radius 1 is 1.24 bits per heavy atom. The standard InChI is InChI=1S/C21H20F5N5O2S/c1-9-7-11(18(22)23)28-20-14(9)15(16(34-20)19(27)33)29-13(32)8-31-12-6-4-2-3-5-10(12)17(30-31)21(24,25)26/h7,18H,2-6,8H2,1H3,(H2,27,33)(H,29,32). The van der Waals surface area contributed by atoms with Crippen LogP contribution >= 0.6 is 11.3 Å². The molecular weight excluding hydrogens is 481 g/mol. The molecule has 34 heavy (non-hydrogen) atoms. The Balaban J connectivity index is 1.70. The number of primary amides is 1. The second kappa shape index (κ2) is 8.93. The summed E-state index contributed by atoms with van der Waals surface area (Å²) in [6, 6.07) is 1.14. The molecule has 0 saturated carbocycles. The molecule has 0 aliphatic heterocycles. The van der Waals surface area contributed by atoms with Gasteiger partial charge >= 0.3 is 6.18 Å². The second-order valence-corrected chi connectivity index (χ2v) is 9.05. The third-order valence-electron chi connectivity index (χ3n) is 5.66. The first-order valence-electron chi connectivity index (χ1n) is 10.4. The maximum Gasteiger partial charge on any atom is 0.435 e. The number of aromatic nitrogens is 3. The fraction of sp³-hybridized carbons (Fsp3) is 0.429. The molecule has 0 spiro atoms. The minimum atomic E-state index is -4.65. The first-order chi connectivity index (χ1) is 16.0. The van der Waals surface area contributed by atoms with Crippen LogP contribution in [-0.2, 0) is 30.4 Å². The normalized spacial score (nSPS) is 14.3. The summed E-state index contributed by atoms with van der Waals surface area (Å²) in [5, 5.41) is 6.48. The topological polar surface area (TPSA) is 103 Å². The molecule has 1 aliphatic carbocycles. The van der Waals surface area contributed by atoms with Crippen LogP contribution in [0.3, 0.4) is 0 Å². The molecule has 2 amide bonds. The Bertz CT molecular complexity index is 1280. The van der Waals surface area contributed by atoms with Crippen LogP contribution in [0.5, 0.6) is 0 Å². The number of alkyl halides is 5. The molecule has 4 rings (SSSR count). The number of rotatable bonds is 5. The number of nitrogens with two attached hydrogens (primary N) is 1. The van der Waals surface area contributed by atoms with Crippen molar-refractivity contribution < 1.29 is 31.5 Å². The number of anilines is 1. The first-order valence-corrected chi connectivity index (χ1v) is 11.3. The summed E-state index contributed by atoms with van der Waals surface area (Å²) in [5.74, 6) is -1.63. The summed E-state index contributed by atoms with van der Waals surface area (Å²) >= 11 is 0.754. The van der Waals surface area contributed by atoms with Gasteiger partial charge in [0.1, 0.15) is 21.9 Å². The highest BCUT2D eigenvalue weighted by Gasteiger charge is 2.39. The summed E-state index contributed by atoms with van der Waals surface area (Å²) < 4.78 is 67.9. The van der Waals surface area contributed by atoms with E-state index in [2.05, 4.69) is 15.4 Å². The van der Waals surface area contributed by atoms with Gasteiger partial charge in [-0.05, 0) is 44.2 Å². The van der Waals surface area contributed by atoms with Crippen molar-refractivity contribution in [1.29, 1.82) is 0 Å². The van der Waals surface area contributed by atoms with Crippen molar-refractivity contribution in [2.75, 3.05) is 5.32 Å². The Morgan fingerprint density at radius 3 is 2.59 bits per heavy atom. The Labute approximate surface area is 194 Å². The lowest BCUT2D eigenvalue weighted by Gasteiger charge is -2.10. The monoisotopic (exact) mass is 501 g/mol. The van der Waals surface area contributed by atoms with Gasteiger partial charge in [-0.1, -0.05) is 6.42 Å². The number of aryl methyl sites for hydroxylation is 1. The number of carbonyl (C=O) groups excluding carboxylic acids is 2. The van der Waals surface area contributed by atoms with Gasteiger partial charge < -0.3 is 11.1 Å². The molecule has 13 heteroatoms. The van der Waals surface area contributed by atoms with E-state index in [1.807, 2.05) is 0 Å². The van der Waals surface area contributed by atoms with E-state index in [-0.39, 0.29) is 32.8 Å². The largest absolute Gasteiger partial charge is 0.435 e. The molecule has 3 N–H and O–H groups in total. The maximum atomic E-state index is 13.5. The minimum Gasteiger partial charge on any atom is -0.365 e. The molecule has 0 bridgehead atoms. The van der Waals surface area contributed by atoms with Crippen LogP contribution < -0.4 is 11.1 Å². The zero-order valence-corrected chi connectivity index (χ0v) is 18.7. The van der Waals surface area contributed by atoms with Crippen molar-refractivity contribution in [3.8, 4) is 0 Å². The van der Waals surface area contributed by atoms with Gasteiger partial charge in [0.05, 0.1) is 5.69 Å². The highest BCUT2D eigenvalue weighted by atomic mass is 32.1. The fourth-order valence-corrected chi connectivity index (χ4v) is 5.30. The maximum absolute atomic E-state index is 13.5. The third kappa shape index (κ3) is 4.48. The number of fused-ring (bicyclic) bond motifs is 2. The van der Waals surface area contributed by atoms with Crippen molar-refractivity contribution in [2.24, 2.45) is 5.73 Å². The second-order valence-electron chi connectivity index (χ2n) is 8.05. The minimum absolute atomic E-state index is 0.00222. The van der Waals surface area contributed by atoms with Gasteiger partial charge in [0, 0.05) is 16.6 Å². The molecule has 0 atom stereocenters. The van der Waals surface area contributed by atoms with E-state index < -0.39 is 42.3 Å². The van der Waals surface area contributed by atoms with Crippen molar-refractivity contribution in [1.82, 2.24) is 14.8 Å². The molecule has 0 aromatic carbocycles. The number of pyridine rings is 1. The third-order valence-corrected chi connectivity index (χ3v) is 6.76. The highest BCUT2D eigenvalue weighted by molar-refractivity contribution is 7.21. The van der Waals surface area contributed by atoms with Gasteiger partial charge in [-0.2, -0.15) is 18.3 Å². The number of amides is 2. The molecule has 3 aromatic rings. The van der Waals surface area contributed by atoms with E-state index in [1.54, 1.807) is 0 Å². The Morgan fingerprint density at radius 2 is 1.94 bits per heavy atom. The number of hydrogen-bond acceptors (Lipinski definition) is 5. The molecule has 3 heterocycles. The fourth-order valence-electron chi connectivity index (χ4n) is 4.23. The van der Waals surface area contributed by atoms with Crippen LogP contribution in [0.15, 0.2) is 6.07 Å². The van der Waals surface area contributed by atoms with E-state index >= 15 is 0 Å². The molecule has 0 radical (unpaired) electrons. The molecule has 0 saturated heterocycles. The van der Waals surface area contributed by atoms with Crippen LogP contribution in [0.1, 0.15) is 63.6 Å². The van der Waals surface area contributed by atoms with Crippen LogP contribution in [-0.4, -0.2) is 26.6 Å². The average molecular weight is 501 g/mol. The van der Waals surface area contributed by atoms with Crippen LogP contribution in [0.25, 0.3) is 10.2 Å². The molecule has 7 nitrogen and oxygen atoms in total. The van der Waals surface area contributed by atoms with Crippen molar-refractivity contribution in [3.63, 3.8) is 0 Å². The Hall–Kier alpha value is -3.09. The number of thiophene rings is 1. The van der Waals surface area contributed by atoms with E-state index in [9.17, 15) is 31.5 Å². The van der Waals surface area contributed by atoms with Gasteiger partial charge in [0.2, 0.25) is 5.91 Å². The molecule has 3 aromatic heterocycles. The summed E-state index contributed by atoms with van der Waals surface area (Å²) in [5.41, 5.74) is 4.75. The van der Waals surface area contributed by atoms with Gasteiger partial charge in [0.15, 0.2) is 5.69 Å². The summed E-state index contributed by atoms with van der Waals surface area (Å²) in [6.07, 6.45) is -4.85. The van der Waals surface area contributed by atoms with E-state index in [1.165, 1.54) is 6.92 Å². The molecule has 1 aliphatic rings. The SMILES string of the molecule is Cc1cc(C(F)F)nc2sc(C(N)=O)c(NC(=O)Cn3nc(C(F)(F)F)c4c3CCCCC4)c12. The average Bonchev–Trinajstić information content (AvgIpc) is 3.16. The van der Waals surface area contributed by atoms with Crippen molar-refractivity contribution in [3.05, 3.63) is 39.2 Å². The molecule has 0 fully saturated rings.